The summed E-state index contributed by atoms with van der Waals surface area (Å²) >= 11 is 0. The monoisotopic (exact) mass is 379 g/mol. The van der Waals surface area contributed by atoms with Crippen LogP contribution in [0.5, 0.6) is 0 Å². The van der Waals surface area contributed by atoms with E-state index >= 15 is 0 Å². The Morgan fingerprint density at radius 1 is 0.964 bits per heavy atom. The molecular weight excluding hydrogens is 350 g/mol. The Kier molecular flexibility index (Phi) is 6.14. The second kappa shape index (κ2) is 9.13. The molecule has 3 heterocycles. The quantitative estimate of drug-likeness (QED) is 0.822. The zero-order chi connectivity index (χ0) is 19.2. The van der Waals surface area contributed by atoms with Crippen LogP contribution in [0.2, 0.25) is 0 Å². The van der Waals surface area contributed by atoms with Crippen LogP contribution in [0.4, 0.5) is 5.82 Å². The predicted octanol–water partition coefficient (Wildman–Crippen LogP) is 3.59. The molecule has 1 amide bonds. The van der Waals surface area contributed by atoms with Crippen molar-refractivity contribution in [3.63, 3.8) is 0 Å². The van der Waals surface area contributed by atoms with Crippen molar-refractivity contribution in [2.75, 3.05) is 18.0 Å². The molecule has 0 bridgehead atoms. The summed E-state index contributed by atoms with van der Waals surface area (Å²) in [5, 5.41) is 12.1. The summed E-state index contributed by atoms with van der Waals surface area (Å²) in [7, 11) is 0. The summed E-state index contributed by atoms with van der Waals surface area (Å²) in [5.74, 6) is 1.27. The number of amides is 1. The van der Waals surface area contributed by atoms with Gasteiger partial charge in [-0.2, -0.15) is 0 Å². The van der Waals surface area contributed by atoms with E-state index in [0.717, 1.165) is 55.8 Å². The molecule has 0 radical (unpaired) electrons. The minimum Gasteiger partial charge on any atom is -0.355 e. The van der Waals surface area contributed by atoms with Crippen LogP contribution in [0.15, 0.2) is 36.7 Å². The number of carbonyl (C=O) groups is 1. The molecule has 0 unspecified atom stereocenters. The third-order valence-corrected chi connectivity index (χ3v) is 6.00. The lowest BCUT2D eigenvalue weighted by molar-refractivity contribution is -0.126. The van der Waals surface area contributed by atoms with Gasteiger partial charge >= 0.3 is 0 Å². The van der Waals surface area contributed by atoms with Crippen LogP contribution in [-0.2, 0) is 4.79 Å². The molecule has 6 heteroatoms. The second-order valence-electron chi connectivity index (χ2n) is 7.98. The Labute approximate surface area is 166 Å². The minimum atomic E-state index is 0.127. The van der Waals surface area contributed by atoms with Crippen molar-refractivity contribution >= 4 is 11.7 Å². The number of pyridine rings is 1. The van der Waals surface area contributed by atoms with Crippen molar-refractivity contribution in [2.24, 2.45) is 5.92 Å². The average Bonchev–Trinajstić information content (AvgIpc) is 3.03. The van der Waals surface area contributed by atoms with Gasteiger partial charge in [-0.25, -0.2) is 0 Å². The molecule has 0 aromatic carbocycles. The fourth-order valence-electron chi connectivity index (χ4n) is 4.28. The molecule has 1 saturated carbocycles. The van der Waals surface area contributed by atoms with Gasteiger partial charge in [-0.15, -0.1) is 10.2 Å². The Morgan fingerprint density at radius 3 is 2.39 bits per heavy atom. The first-order valence-electron chi connectivity index (χ1n) is 10.6. The van der Waals surface area contributed by atoms with Crippen LogP contribution in [0.1, 0.15) is 51.4 Å². The molecule has 2 aromatic heterocycles. The molecule has 2 aromatic rings. The lowest BCUT2D eigenvalue weighted by Gasteiger charge is -2.32. The van der Waals surface area contributed by atoms with Crippen LogP contribution in [-0.4, -0.2) is 40.2 Å². The molecule has 1 aliphatic carbocycles. The number of aromatic nitrogens is 3. The average molecular weight is 380 g/mol. The molecule has 2 aliphatic rings. The van der Waals surface area contributed by atoms with Gasteiger partial charge in [0.2, 0.25) is 5.91 Å². The van der Waals surface area contributed by atoms with Gasteiger partial charge in [0.15, 0.2) is 5.82 Å². The first-order valence-corrected chi connectivity index (χ1v) is 10.6. The van der Waals surface area contributed by atoms with Crippen molar-refractivity contribution in [3.05, 3.63) is 36.7 Å². The molecule has 0 atom stereocenters. The maximum Gasteiger partial charge on any atom is 0.223 e. The van der Waals surface area contributed by atoms with Gasteiger partial charge in [-0.1, -0.05) is 25.7 Å². The van der Waals surface area contributed by atoms with E-state index in [1.807, 2.05) is 24.3 Å². The highest BCUT2D eigenvalue weighted by molar-refractivity contribution is 5.79. The number of carbonyl (C=O) groups excluding carboxylic acids is 1. The fourth-order valence-corrected chi connectivity index (χ4v) is 4.28. The topological polar surface area (TPSA) is 71.0 Å². The van der Waals surface area contributed by atoms with Gasteiger partial charge in [-0.05, 0) is 49.9 Å². The molecule has 148 valence electrons. The zero-order valence-corrected chi connectivity index (χ0v) is 16.4. The first-order chi connectivity index (χ1) is 13.8. The maximum absolute atomic E-state index is 12.7. The molecule has 1 saturated heterocycles. The van der Waals surface area contributed by atoms with E-state index in [2.05, 4.69) is 25.4 Å². The van der Waals surface area contributed by atoms with Gasteiger partial charge in [0, 0.05) is 43.0 Å². The zero-order valence-electron chi connectivity index (χ0n) is 16.4. The summed E-state index contributed by atoms with van der Waals surface area (Å²) in [5.41, 5.74) is 1.80. The van der Waals surface area contributed by atoms with Crippen LogP contribution >= 0.6 is 0 Å². The molecule has 6 nitrogen and oxygen atoms in total. The molecular formula is C22H29N5O. The molecule has 4 rings (SSSR count). The summed E-state index contributed by atoms with van der Waals surface area (Å²) in [4.78, 5) is 19.0. The molecule has 2 fully saturated rings. The van der Waals surface area contributed by atoms with Gasteiger partial charge in [0.25, 0.3) is 0 Å². The summed E-state index contributed by atoms with van der Waals surface area (Å²) < 4.78 is 0. The Hall–Kier alpha value is -2.50. The van der Waals surface area contributed by atoms with Crippen molar-refractivity contribution < 1.29 is 4.79 Å². The molecule has 28 heavy (non-hydrogen) atoms. The molecule has 1 N–H and O–H groups in total. The van der Waals surface area contributed by atoms with Gasteiger partial charge < -0.3 is 10.2 Å². The lowest BCUT2D eigenvalue weighted by Crippen LogP contribution is -2.44. The van der Waals surface area contributed by atoms with Crippen molar-refractivity contribution in [3.8, 4) is 11.3 Å². The molecule has 0 spiro atoms. The van der Waals surface area contributed by atoms with Crippen LogP contribution in [0.3, 0.4) is 0 Å². The highest BCUT2D eigenvalue weighted by Gasteiger charge is 2.27. The minimum absolute atomic E-state index is 0.127. The Balaban J connectivity index is 1.29. The predicted molar refractivity (Wildman–Crippen MR) is 110 cm³/mol. The number of hydrogen-bond donors (Lipinski definition) is 1. The number of piperidine rings is 1. The third kappa shape index (κ3) is 4.66. The summed E-state index contributed by atoms with van der Waals surface area (Å²) in [6.07, 6.45) is 12.7. The van der Waals surface area contributed by atoms with Crippen molar-refractivity contribution in [1.29, 1.82) is 0 Å². The highest BCUT2D eigenvalue weighted by Crippen LogP contribution is 2.24. The van der Waals surface area contributed by atoms with E-state index in [0.29, 0.717) is 6.04 Å². The van der Waals surface area contributed by atoms with Gasteiger partial charge in [0.05, 0.1) is 5.69 Å². The fraction of sp³-hybridized carbons (Fsp3) is 0.545. The number of nitrogens with zero attached hydrogens (tertiary/aromatic N) is 4. The van der Waals surface area contributed by atoms with E-state index in [-0.39, 0.29) is 11.8 Å². The number of anilines is 1. The van der Waals surface area contributed by atoms with Gasteiger partial charge in [-0.3, -0.25) is 9.78 Å². The van der Waals surface area contributed by atoms with Gasteiger partial charge in [0.1, 0.15) is 0 Å². The van der Waals surface area contributed by atoms with Crippen LogP contribution in [0, 0.1) is 5.92 Å². The van der Waals surface area contributed by atoms with Crippen molar-refractivity contribution in [2.45, 2.75) is 57.4 Å². The molecule has 1 aliphatic heterocycles. The SMILES string of the molecule is O=C(NC1CCCCCC1)C1CCN(c2ccc(-c3cccnc3)nn2)CC1. The Bertz CT molecular complexity index is 748. The second-order valence-corrected chi connectivity index (χ2v) is 7.98. The summed E-state index contributed by atoms with van der Waals surface area (Å²) in [6, 6.07) is 8.27. The lowest BCUT2D eigenvalue weighted by atomic mass is 9.95. The van der Waals surface area contributed by atoms with E-state index in [4.69, 9.17) is 0 Å². The van der Waals surface area contributed by atoms with E-state index < -0.39 is 0 Å². The maximum atomic E-state index is 12.7. The first kappa shape index (κ1) is 18.8. The van der Waals surface area contributed by atoms with E-state index in [1.165, 1.54) is 25.7 Å². The number of hydrogen-bond acceptors (Lipinski definition) is 5. The number of nitrogens with one attached hydrogen (secondary N) is 1. The van der Waals surface area contributed by atoms with E-state index in [1.54, 1.807) is 12.4 Å². The Morgan fingerprint density at radius 2 is 1.75 bits per heavy atom. The van der Waals surface area contributed by atoms with Crippen LogP contribution in [0.25, 0.3) is 11.3 Å². The van der Waals surface area contributed by atoms with E-state index in [9.17, 15) is 4.79 Å². The van der Waals surface area contributed by atoms with Crippen molar-refractivity contribution in [1.82, 2.24) is 20.5 Å². The summed E-state index contributed by atoms with van der Waals surface area (Å²) in [6.45, 7) is 1.70. The highest BCUT2D eigenvalue weighted by atomic mass is 16.1. The largest absolute Gasteiger partial charge is 0.355 e. The smallest absolute Gasteiger partial charge is 0.223 e. The van der Waals surface area contributed by atoms with Crippen LogP contribution < -0.4 is 10.2 Å². The number of rotatable bonds is 4. The normalized spacial score (nSPS) is 19.2. The standard InChI is InChI=1S/C22H29N5O/c28-22(24-19-7-3-1-2-4-8-19)17-11-14-27(15-12-17)21-10-9-20(25-26-21)18-6-5-13-23-16-18/h5-6,9-10,13,16-17,19H,1-4,7-8,11-12,14-15H2,(H,24,28). The third-order valence-electron chi connectivity index (χ3n) is 6.00.